The summed E-state index contributed by atoms with van der Waals surface area (Å²) in [6, 6.07) is 6.76. The molecule has 3 atom stereocenters. The highest BCUT2D eigenvalue weighted by Gasteiger charge is 2.58. The average Bonchev–Trinajstić information content (AvgIpc) is 3.89. The van der Waals surface area contributed by atoms with Crippen molar-refractivity contribution in [1.82, 2.24) is 29.9 Å². The molecule has 0 bridgehead atoms. The van der Waals surface area contributed by atoms with Crippen LogP contribution < -0.4 is 9.64 Å². The van der Waals surface area contributed by atoms with Crippen molar-refractivity contribution in [2.24, 2.45) is 0 Å². The molecule has 51 heavy (non-hydrogen) atoms. The number of pyridine rings is 1. The van der Waals surface area contributed by atoms with E-state index in [0.29, 0.717) is 55.9 Å². The van der Waals surface area contributed by atoms with Gasteiger partial charge in [0.15, 0.2) is 23.6 Å². The lowest BCUT2D eigenvalue weighted by Gasteiger charge is -2.35. The number of aromatic hydroxyl groups is 1. The Bertz CT molecular complexity index is 2260. The number of phenolic OH excluding ortho intramolecular Hbond substituents is 1. The number of halogens is 3. The van der Waals surface area contributed by atoms with Gasteiger partial charge in [-0.15, -0.1) is 0 Å². The molecule has 1 N–H and O–H groups in total. The molecule has 0 amide bonds. The van der Waals surface area contributed by atoms with Crippen LogP contribution in [-0.4, -0.2) is 85.9 Å². The largest absolute Gasteiger partial charge is 0.508 e. The van der Waals surface area contributed by atoms with E-state index in [1.54, 1.807) is 17.2 Å². The van der Waals surface area contributed by atoms with Gasteiger partial charge < -0.3 is 24.2 Å². The fourth-order valence-corrected chi connectivity index (χ4v) is 8.46. The molecule has 0 spiro atoms. The van der Waals surface area contributed by atoms with Gasteiger partial charge >= 0.3 is 6.01 Å². The predicted octanol–water partition coefficient (Wildman–Crippen LogP) is 5.41. The van der Waals surface area contributed by atoms with Crippen LogP contribution in [0.5, 0.6) is 11.8 Å². The second kappa shape index (κ2) is 12.6. The summed E-state index contributed by atoms with van der Waals surface area (Å²) < 4.78 is 57.9. The van der Waals surface area contributed by atoms with E-state index in [2.05, 4.69) is 26.2 Å². The Morgan fingerprint density at radius 2 is 1.88 bits per heavy atom. The lowest BCUT2D eigenvalue weighted by atomic mass is 9.88. The Morgan fingerprint density at radius 1 is 1.08 bits per heavy atom. The number of anilines is 1. The molecule has 6 heterocycles. The molecule has 4 aliphatic rings. The molecule has 12 nitrogen and oxygen atoms in total. The molecule has 1 aliphatic carbocycles. The Hall–Kier alpha value is -5.67. The SMILES string of the molecule is CC#N.N#CN1CCN(c2nc(OCC34CCCN3C3Cc5nocc5C3C4)nc3c(F)c(-c4cc(O)cc5ccc(F)c(F)c45)ncc23)CC1. The quantitative estimate of drug-likeness (QED) is 0.234. The zero-order valence-electron chi connectivity index (χ0n) is 27.6. The van der Waals surface area contributed by atoms with Gasteiger partial charge in [-0.1, -0.05) is 11.2 Å². The van der Waals surface area contributed by atoms with E-state index >= 15 is 8.78 Å². The fraction of sp³-hybridized carbons (Fsp3) is 0.389. The number of aromatic nitrogens is 4. The van der Waals surface area contributed by atoms with E-state index in [-0.39, 0.29) is 44.8 Å². The van der Waals surface area contributed by atoms with Crippen molar-refractivity contribution >= 4 is 27.5 Å². The van der Waals surface area contributed by atoms with E-state index in [9.17, 15) is 14.8 Å². The van der Waals surface area contributed by atoms with E-state index in [1.807, 2.05) is 4.90 Å². The zero-order chi connectivity index (χ0) is 35.4. The first-order valence-corrected chi connectivity index (χ1v) is 16.8. The van der Waals surface area contributed by atoms with E-state index < -0.39 is 17.5 Å². The van der Waals surface area contributed by atoms with Crippen LogP contribution >= 0.6 is 0 Å². The highest BCUT2D eigenvalue weighted by Crippen LogP contribution is 2.54. The van der Waals surface area contributed by atoms with Crippen molar-refractivity contribution in [1.29, 1.82) is 10.5 Å². The van der Waals surface area contributed by atoms with Gasteiger partial charge in [-0.25, -0.2) is 13.2 Å². The maximum atomic E-state index is 16.7. The van der Waals surface area contributed by atoms with Crippen molar-refractivity contribution in [3.63, 3.8) is 0 Å². The van der Waals surface area contributed by atoms with Crippen LogP contribution in [-0.2, 0) is 6.42 Å². The van der Waals surface area contributed by atoms with Gasteiger partial charge in [-0.3, -0.25) is 9.88 Å². The number of hydrogen-bond acceptors (Lipinski definition) is 12. The number of piperazine rings is 1. The summed E-state index contributed by atoms with van der Waals surface area (Å²) in [5.74, 6) is -2.72. The monoisotopic (exact) mass is 695 g/mol. The summed E-state index contributed by atoms with van der Waals surface area (Å²) in [5, 5.41) is 31.6. The van der Waals surface area contributed by atoms with Crippen molar-refractivity contribution in [3.8, 4) is 35.3 Å². The third kappa shape index (κ3) is 5.31. The van der Waals surface area contributed by atoms with E-state index in [4.69, 9.17) is 19.5 Å². The summed E-state index contributed by atoms with van der Waals surface area (Å²) in [6.07, 6.45) is 9.00. The Labute approximate surface area is 290 Å². The number of benzene rings is 2. The van der Waals surface area contributed by atoms with Crippen LogP contribution in [0, 0.1) is 40.2 Å². The normalized spacial score (nSPS) is 22.2. The number of hydrogen-bond donors (Lipinski definition) is 1. The molecule has 9 rings (SSSR count). The molecule has 3 saturated heterocycles. The molecular weight excluding hydrogens is 663 g/mol. The molecule has 15 heteroatoms. The molecule has 260 valence electrons. The number of fused-ring (bicyclic) bond motifs is 7. The molecular formula is C36H32F3N9O3. The average molecular weight is 696 g/mol. The summed E-state index contributed by atoms with van der Waals surface area (Å²) in [4.78, 5) is 19.8. The fourth-order valence-electron chi connectivity index (χ4n) is 8.46. The van der Waals surface area contributed by atoms with Gasteiger partial charge in [0.1, 0.15) is 35.6 Å². The smallest absolute Gasteiger partial charge is 0.319 e. The van der Waals surface area contributed by atoms with Crippen LogP contribution in [0.15, 0.2) is 41.2 Å². The van der Waals surface area contributed by atoms with Crippen LogP contribution in [0.2, 0.25) is 0 Å². The molecule has 5 aromatic rings. The molecule has 0 radical (unpaired) electrons. The van der Waals surface area contributed by atoms with Crippen LogP contribution in [0.3, 0.4) is 0 Å². The Morgan fingerprint density at radius 3 is 2.67 bits per heavy atom. The molecule has 2 aromatic carbocycles. The van der Waals surface area contributed by atoms with E-state index in [1.165, 1.54) is 25.3 Å². The summed E-state index contributed by atoms with van der Waals surface area (Å²) in [6.45, 7) is 4.49. The summed E-state index contributed by atoms with van der Waals surface area (Å²) in [5.41, 5.74) is 1.42. The van der Waals surface area contributed by atoms with Gasteiger partial charge in [-0.05, 0) is 49.4 Å². The standard InChI is InChI=1S/C34H29F3N8O3.C2H3N/c35-24-3-2-18-10-19(46)11-20(27(18)28(24)36)30-29(37)31-22(14-39-30)32(44-8-6-43(17-38)7-9-44)41-33(40-31)47-16-34-4-1-5-45(34)26-12-25-23(15-48-42-25)21(26)13-34;1-2-3/h2-3,10-11,14-15,21,26,46H,1,4-9,12-13,16H2;1H3. The number of nitrogens with zero attached hydrogens (tertiary/aromatic N) is 9. The van der Waals surface area contributed by atoms with E-state index in [0.717, 1.165) is 55.6 Å². The van der Waals surface area contributed by atoms with Crippen molar-refractivity contribution in [2.75, 3.05) is 44.2 Å². The van der Waals surface area contributed by atoms with Gasteiger partial charge in [0.25, 0.3) is 0 Å². The van der Waals surface area contributed by atoms with Crippen LogP contribution in [0.25, 0.3) is 32.9 Å². The minimum Gasteiger partial charge on any atom is -0.508 e. The minimum absolute atomic E-state index is 0.0156. The lowest BCUT2D eigenvalue weighted by Crippen LogP contribution is -2.47. The molecule has 3 aliphatic heterocycles. The lowest BCUT2D eigenvalue weighted by molar-refractivity contribution is 0.0845. The maximum Gasteiger partial charge on any atom is 0.319 e. The summed E-state index contributed by atoms with van der Waals surface area (Å²) >= 11 is 0. The molecule has 3 unspecified atom stereocenters. The third-order valence-corrected chi connectivity index (χ3v) is 10.7. The van der Waals surface area contributed by atoms with Gasteiger partial charge in [0.2, 0.25) is 0 Å². The van der Waals surface area contributed by atoms with Crippen molar-refractivity contribution in [2.45, 2.75) is 50.1 Å². The van der Waals surface area contributed by atoms with Crippen molar-refractivity contribution in [3.05, 3.63) is 65.4 Å². The summed E-state index contributed by atoms with van der Waals surface area (Å²) in [7, 11) is 0. The Kier molecular flexibility index (Phi) is 8.03. The van der Waals surface area contributed by atoms with Gasteiger partial charge in [-0.2, -0.15) is 20.5 Å². The first kappa shape index (κ1) is 32.5. The number of rotatable bonds is 5. The zero-order valence-corrected chi connectivity index (χ0v) is 27.6. The highest BCUT2D eigenvalue weighted by atomic mass is 19.2. The van der Waals surface area contributed by atoms with Gasteiger partial charge in [0, 0.05) is 74.2 Å². The minimum atomic E-state index is -1.17. The maximum absolute atomic E-state index is 16.7. The second-order valence-corrected chi connectivity index (χ2v) is 13.4. The number of ether oxygens (including phenoxy) is 1. The molecule has 3 fully saturated rings. The van der Waals surface area contributed by atoms with Crippen LogP contribution in [0.1, 0.15) is 43.4 Å². The predicted molar refractivity (Wildman–Crippen MR) is 178 cm³/mol. The number of nitriles is 2. The third-order valence-electron chi connectivity index (χ3n) is 10.7. The van der Waals surface area contributed by atoms with Crippen LogP contribution in [0.4, 0.5) is 19.0 Å². The first-order valence-electron chi connectivity index (χ1n) is 16.8. The molecule has 0 saturated carbocycles. The van der Waals surface area contributed by atoms with Crippen molar-refractivity contribution < 1.29 is 27.5 Å². The topological polar surface area (TPSA) is 151 Å². The second-order valence-electron chi connectivity index (χ2n) is 13.4. The highest BCUT2D eigenvalue weighted by molar-refractivity contribution is 6.00. The first-order chi connectivity index (χ1) is 24.7. The molecule has 3 aromatic heterocycles. The van der Waals surface area contributed by atoms with Gasteiger partial charge in [0.05, 0.1) is 22.7 Å². The number of phenols is 1. The Balaban J connectivity index is 0.00000121.